The Balaban J connectivity index is 1.78. The van der Waals surface area contributed by atoms with Crippen molar-refractivity contribution in [3.8, 4) is 5.75 Å². The molecule has 1 unspecified atom stereocenters. The van der Waals surface area contributed by atoms with E-state index >= 15 is 0 Å². The minimum atomic E-state index is -0.653. The lowest BCUT2D eigenvalue weighted by Gasteiger charge is -2.29. The van der Waals surface area contributed by atoms with Crippen LogP contribution in [0, 0.1) is 0 Å². The maximum atomic E-state index is 13.0. The van der Waals surface area contributed by atoms with Crippen LogP contribution in [-0.4, -0.2) is 18.0 Å². The van der Waals surface area contributed by atoms with Gasteiger partial charge in [-0.1, -0.05) is 55.5 Å². The Kier molecular flexibility index (Phi) is 6.29. The van der Waals surface area contributed by atoms with Crippen molar-refractivity contribution in [3.63, 3.8) is 0 Å². The third-order valence-electron chi connectivity index (χ3n) is 5.06. The zero-order chi connectivity index (χ0) is 18.4. The van der Waals surface area contributed by atoms with Gasteiger partial charge in [-0.25, -0.2) is 0 Å². The first-order valence-corrected chi connectivity index (χ1v) is 9.52. The van der Waals surface area contributed by atoms with Gasteiger partial charge in [0, 0.05) is 17.6 Å². The van der Waals surface area contributed by atoms with E-state index in [1.807, 2.05) is 54.6 Å². The second-order valence-electron chi connectivity index (χ2n) is 6.99. The van der Waals surface area contributed by atoms with Gasteiger partial charge in [-0.15, -0.1) is 0 Å². The molecule has 0 aliphatic heterocycles. The van der Waals surface area contributed by atoms with E-state index in [-0.39, 0.29) is 18.0 Å². The predicted molar refractivity (Wildman–Crippen MR) is 104 cm³/mol. The van der Waals surface area contributed by atoms with E-state index in [1.165, 1.54) is 0 Å². The number of nitrogens with two attached hydrogens (primary N) is 1. The fourth-order valence-corrected chi connectivity index (χ4v) is 3.48. The molecule has 0 bridgehead atoms. The van der Waals surface area contributed by atoms with Crippen molar-refractivity contribution in [2.75, 3.05) is 0 Å². The van der Waals surface area contributed by atoms with Crippen LogP contribution < -0.4 is 15.8 Å². The summed E-state index contributed by atoms with van der Waals surface area (Å²) in [5.41, 5.74) is 7.94. The molecule has 3 N–H and O–H groups in total. The van der Waals surface area contributed by atoms with Crippen molar-refractivity contribution in [2.24, 2.45) is 5.73 Å². The Morgan fingerprint density at radius 3 is 2.42 bits per heavy atom. The van der Waals surface area contributed by atoms with Gasteiger partial charge in [0.05, 0.1) is 0 Å². The predicted octanol–water partition coefficient (Wildman–Crippen LogP) is 3.76. The Morgan fingerprint density at radius 1 is 1.08 bits per heavy atom. The number of ether oxygens (including phenoxy) is 1. The molecule has 138 valence electrons. The van der Waals surface area contributed by atoms with Crippen molar-refractivity contribution in [3.05, 3.63) is 65.7 Å². The summed E-state index contributed by atoms with van der Waals surface area (Å²) in [7, 11) is 0. The lowest BCUT2D eigenvalue weighted by Crippen LogP contribution is -2.43. The van der Waals surface area contributed by atoms with E-state index in [1.54, 1.807) is 0 Å². The number of rotatable bonds is 6. The Hall–Kier alpha value is -2.33. The number of para-hydroxylation sites is 1. The van der Waals surface area contributed by atoms with Gasteiger partial charge in [0.2, 0.25) is 6.10 Å². The SMILES string of the molecule is CCc1ccccc1OC(C(=O)NC1CCC(N)CC1)c1ccccc1. The number of hydrogen-bond acceptors (Lipinski definition) is 3. The maximum Gasteiger partial charge on any atom is 0.266 e. The molecule has 1 amide bonds. The Morgan fingerprint density at radius 2 is 1.73 bits per heavy atom. The van der Waals surface area contributed by atoms with E-state index in [4.69, 9.17) is 10.5 Å². The summed E-state index contributed by atoms with van der Waals surface area (Å²) >= 11 is 0. The number of benzene rings is 2. The molecule has 26 heavy (non-hydrogen) atoms. The molecular weight excluding hydrogens is 324 g/mol. The van der Waals surface area contributed by atoms with Crippen molar-refractivity contribution in [1.29, 1.82) is 0 Å². The van der Waals surface area contributed by atoms with Crippen molar-refractivity contribution >= 4 is 5.91 Å². The van der Waals surface area contributed by atoms with Gasteiger partial charge < -0.3 is 15.8 Å². The number of carbonyl (C=O) groups is 1. The zero-order valence-corrected chi connectivity index (χ0v) is 15.4. The standard InChI is InChI=1S/C22H28N2O2/c1-2-16-8-6-7-11-20(16)26-21(17-9-4-3-5-10-17)22(25)24-19-14-12-18(23)13-15-19/h3-11,18-19,21H,2,12-15,23H2,1H3,(H,24,25). The molecule has 4 nitrogen and oxygen atoms in total. The van der Waals surface area contributed by atoms with Crippen LogP contribution in [0.15, 0.2) is 54.6 Å². The normalized spacial score (nSPS) is 21.0. The largest absolute Gasteiger partial charge is 0.476 e. The van der Waals surface area contributed by atoms with Crippen LogP contribution in [0.25, 0.3) is 0 Å². The highest BCUT2D eigenvalue weighted by atomic mass is 16.5. The van der Waals surface area contributed by atoms with E-state index in [0.717, 1.165) is 49.0 Å². The molecule has 3 rings (SSSR count). The van der Waals surface area contributed by atoms with Gasteiger partial charge in [0.1, 0.15) is 5.75 Å². The van der Waals surface area contributed by atoms with Gasteiger partial charge >= 0.3 is 0 Å². The molecule has 1 aliphatic rings. The van der Waals surface area contributed by atoms with Crippen LogP contribution in [0.3, 0.4) is 0 Å². The molecule has 1 aliphatic carbocycles. The topological polar surface area (TPSA) is 64.3 Å². The lowest BCUT2D eigenvalue weighted by atomic mass is 9.91. The van der Waals surface area contributed by atoms with E-state index in [2.05, 4.69) is 12.2 Å². The lowest BCUT2D eigenvalue weighted by molar-refractivity contribution is -0.129. The van der Waals surface area contributed by atoms with Crippen LogP contribution in [0.4, 0.5) is 0 Å². The fourth-order valence-electron chi connectivity index (χ4n) is 3.48. The van der Waals surface area contributed by atoms with E-state index < -0.39 is 6.10 Å². The van der Waals surface area contributed by atoms with Crippen molar-refractivity contribution in [1.82, 2.24) is 5.32 Å². The summed E-state index contributed by atoms with van der Waals surface area (Å²) in [5, 5.41) is 3.18. The van der Waals surface area contributed by atoms with Gasteiger partial charge in [-0.3, -0.25) is 4.79 Å². The molecule has 0 saturated heterocycles. The third kappa shape index (κ3) is 4.64. The van der Waals surface area contributed by atoms with Crippen molar-refractivity contribution < 1.29 is 9.53 Å². The van der Waals surface area contributed by atoms with E-state index in [0.29, 0.717) is 0 Å². The van der Waals surface area contributed by atoms with Crippen molar-refractivity contribution in [2.45, 2.75) is 57.2 Å². The van der Waals surface area contributed by atoms with Crippen LogP contribution in [0.1, 0.15) is 49.8 Å². The second-order valence-corrected chi connectivity index (χ2v) is 6.99. The average molecular weight is 352 g/mol. The molecule has 0 spiro atoms. The average Bonchev–Trinajstić information content (AvgIpc) is 2.68. The molecule has 2 aromatic rings. The van der Waals surface area contributed by atoms with Crippen LogP contribution >= 0.6 is 0 Å². The molecule has 0 radical (unpaired) electrons. The summed E-state index contributed by atoms with van der Waals surface area (Å²) in [6.45, 7) is 2.09. The number of aryl methyl sites for hydroxylation is 1. The summed E-state index contributed by atoms with van der Waals surface area (Å²) in [6, 6.07) is 18.0. The van der Waals surface area contributed by atoms with Gasteiger partial charge in [0.25, 0.3) is 5.91 Å². The number of nitrogens with one attached hydrogen (secondary N) is 1. The smallest absolute Gasteiger partial charge is 0.266 e. The molecule has 1 saturated carbocycles. The Bertz CT molecular complexity index is 709. The first-order valence-electron chi connectivity index (χ1n) is 9.52. The van der Waals surface area contributed by atoms with Gasteiger partial charge in [0.15, 0.2) is 0 Å². The van der Waals surface area contributed by atoms with Crippen LogP contribution in [0.2, 0.25) is 0 Å². The van der Waals surface area contributed by atoms with Crippen LogP contribution in [-0.2, 0) is 11.2 Å². The van der Waals surface area contributed by atoms with Gasteiger partial charge in [-0.05, 0) is 43.7 Å². The highest BCUT2D eigenvalue weighted by Crippen LogP contribution is 2.27. The number of carbonyl (C=O) groups excluding carboxylic acids is 1. The summed E-state index contributed by atoms with van der Waals surface area (Å²) in [4.78, 5) is 13.0. The van der Waals surface area contributed by atoms with Gasteiger partial charge in [-0.2, -0.15) is 0 Å². The summed E-state index contributed by atoms with van der Waals surface area (Å²) in [5.74, 6) is 0.687. The van der Waals surface area contributed by atoms with E-state index in [9.17, 15) is 4.79 Å². The monoisotopic (exact) mass is 352 g/mol. The maximum absolute atomic E-state index is 13.0. The molecule has 0 heterocycles. The Labute approximate surface area is 155 Å². The third-order valence-corrected chi connectivity index (χ3v) is 5.06. The number of hydrogen-bond donors (Lipinski definition) is 2. The fraction of sp³-hybridized carbons (Fsp3) is 0.409. The molecular formula is C22H28N2O2. The highest BCUT2D eigenvalue weighted by Gasteiger charge is 2.27. The van der Waals surface area contributed by atoms with Crippen LogP contribution in [0.5, 0.6) is 5.75 Å². The number of amides is 1. The first-order chi connectivity index (χ1) is 12.7. The molecule has 1 atom stereocenters. The first kappa shape index (κ1) is 18.5. The minimum Gasteiger partial charge on any atom is -0.476 e. The highest BCUT2D eigenvalue weighted by molar-refractivity contribution is 5.83. The molecule has 4 heteroatoms. The quantitative estimate of drug-likeness (QED) is 0.832. The second kappa shape index (κ2) is 8.86. The molecule has 0 aromatic heterocycles. The zero-order valence-electron chi connectivity index (χ0n) is 15.4. The minimum absolute atomic E-state index is 0.0809. The molecule has 2 aromatic carbocycles. The summed E-state index contributed by atoms with van der Waals surface area (Å²) in [6.07, 6.45) is 3.99. The molecule has 1 fully saturated rings. The summed E-state index contributed by atoms with van der Waals surface area (Å²) < 4.78 is 6.21.